The molecule has 0 saturated carbocycles. The van der Waals surface area contributed by atoms with Crippen molar-refractivity contribution in [3.63, 3.8) is 0 Å². The van der Waals surface area contributed by atoms with Crippen LogP contribution in [0.15, 0.2) is 38.2 Å². The van der Waals surface area contributed by atoms with E-state index in [2.05, 4.69) is 36.9 Å². The van der Waals surface area contributed by atoms with E-state index in [0.717, 1.165) is 0 Å². The standard InChI is InChI=1S/C14H10Br2ClNO2/c1-7-2-9(17)3-8(13(7)19)6-18-10-4-11(15)14(20)12(16)5-10/h2-6,19-20H,1H3. The van der Waals surface area contributed by atoms with Crippen LogP contribution in [0.25, 0.3) is 0 Å². The minimum Gasteiger partial charge on any atom is -0.507 e. The van der Waals surface area contributed by atoms with Crippen molar-refractivity contribution in [1.82, 2.24) is 0 Å². The maximum absolute atomic E-state index is 9.94. The van der Waals surface area contributed by atoms with Gasteiger partial charge in [0.05, 0.1) is 14.6 Å². The number of aliphatic imine (C=N–C) groups is 1. The Morgan fingerprint density at radius 3 is 2.25 bits per heavy atom. The normalized spacial score (nSPS) is 11.2. The molecule has 104 valence electrons. The Hall–Kier alpha value is -1.04. The number of rotatable bonds is 2. The summed E-state index contributed by atoms with van der Waals surface area (Å²) in [6, 6.07) is 6.66. The molecular weight excluding hydrogens is 409 g/mol. The number of nitrogens with zero attached hydrogens (tertiary/aromatic N) is 1. The van der Waals surface area contributed by atoms with E-state index in [1.165, 1.54) is 6.21 Å². The van der Waals surface area contributed by atoms with Crippen molar-refractivity contribution in [3.05, 3.63) is 49.4 Å². The maximum atomic E-state index is 9.94. The monoisotopic (exact) mass is 417 g/mol. The quantitative estimate of drug-likeness (QED) is 0.646. The number of halogens is 3. The van der Waals surface area contributed by atoms with Crippen LogP contribution in [0.3, 0.4) is 0 Å². The van der Waals surface area contributed by atoms with Crippen molar-refractivity contribution in [2.45, 2.75) is 6.92 Å². The molecule has 0 bridgehead atoms. The summed E-state index contributed by atoms with van der Waals surface area (Å²) in [6.07, 6.45) is 1.53. The largest absolute Gasteiger partial charge is 0.507 e. The van der Waals surface area contributed by atoms with Gasteiger partial charge in [-0.05, 0) is 68.6 Å². The summed E-state index contributed by atoms with van der Waals surface area (Å²) in [5.74, 6) is 0.264. The molecule has 6 heteroatoms. The number of aryl methyl sites for hydroxylation is 1. The van der Waals surface area contributed by atoms with Gasteiger partial charge in [0.25, 0.3) is 0 Å². The second-order valence-electron chi connectivity index (χ2n) is 4.18. The van der Waals surface area contributed by atoms with Crippen LogP contribution in [-0.4, -0.2) is 16.4 Å². The van der Waals surface area contributed by atoms with Gasteiger partial charge in [-0.25, -0.2) is 0 Å². The summed E-state index contributed by atoms with van der Waals surface area (Å²) in [6.45, 7) is 1.77. The average Bonchev–Trinajstić information content (AvgIpc) is 2.38. The van der Waals surface area contributed by atoms with Gasteiger partial charge in [0, 0.05) is 16.8 Å². The smallest absolute Gasteiger partial charge is 0.144 e. The molecule has 0 unspecified atom stereocenters. The molecule has 0 heterocycles. The SMILES string of the molecule is Cc1cc(Cl)cc(C=Nc2cc(Br)c(O)c(Br)c2)c1O. The molecule has 2 aromatic rings. The number of benzene rings is 2. The average molecular weight is 420 g/mol. The van der Waals surface area contributed by atoms with Crippen molar-refractivity contribution in [1.29, 1.82) is 0 Å². The first-order valence-corrected chi connectivity index (χ1v) is 7.56. The summed E-state index contributed by atoms with van der Waals surface area (Å²) in [4.78, 5) is 4.27. The lowest BCUT2D eigenvalue weighted by atomic mass is 10.1. The first-order valence-electron chi connectivity index (χ1n) is 5.59. The summed E-state index contributed by atoms with van der Waals surface area (Å²) in [5.41, 5.74) is 1.85. The molecule has 0 saturated heterocycles. The van der Waals surface area contributed by atoms with Crippen molar-refractivity contribution in [2.75, 3.05) is 0 Å². The first-order chi connectivity index (χ1) is 9.38. The molecular formula is C14H10Br2ClNO2. The highest BCUT2D eigenvalue weighted by Gasteiger charge is 2.06. The predicted octanol–water partition coefficient (Wildman–Crippen LogP) is 5.34. The van der Waals surface area contributed by atoms with Crippen LogP contribution in [0.5, 0.6) is 11.5 Å². The summed E-state index contributed by atoms with van der Waals surface area (Å²) in [5, 5.41) is 20.1. The fourth-order valence-electron chi connectivity index (χ4n) is 1.63. The van der Waals surface area contributed by atoms with E-state index in [1.54, 1.807) is 31.2 Å². The van der Waals surface area contributed by atoms with Crippen molar-refractivity contribution in [2.24, 2.45) is 4.99 Å². The maximum Gasteiger partial charge on any atom is 0.144 e. The molecule has 0 radical (unpaired) electrons. The van der Waals surface area contributed by atoms with E-state index >= 15 is 0 Å². The number of hydrogen-bond acceptors (Lipinski definition) is 3. The van der Waals surface area contributed by atoms with Gasteiger partial charge < -0.3 is 10.2 Å². The Bertz CT molecular complexity index is 679. The van der Waals surface area contributed by atoms with E-state index in [1.807, 2.05) is 0 Å². The van der Waals surface area contributed by atoms with Crippen LogP contribution in [0.4, 0.5) is 5.69 Å². The summed E-state index contributed by atoms with van der Waals surface area (Å²) in [7, 11) is 0. The minimum absolute atomic E-state index is 0.116. The molecule has 2 aromatic carbocycles. The zero-order valence-corrected chi connectivity index (χ0v) is 14.3. The molecule has 0 aliphatic carbocycles. The molecule has 0 fully saturated rings. The number of hydrogen-bond donors (Lipinski definition) is 2. The molecule has 0 aliphatic rings. The minimum atomic E-state index is 0.116. The van der Waals surface area contributed by atoms with E-state index in [-0.39, 0.29) is 11.5 Å². The fourth-order valence-corrected chi connectivity index (χ4v) is 3.07. The van der Waals surface area contributed by atoms with Gasteiger partial charge in [-0.3, -0.25) is 4.99 Å². The third-order valence-corrected chi connectivity index (χ3v) is 4.08. The number of phenols is 2. The molecule has 0 atom stereocenters. The lowest BCUT2D eigenvalue weighted by molar-refractivity contribution is 0.468. The number of aromatic hydroxyl groups is 2. The Kier molecular flexibility index (Phi) is 4.73. The molecule has 0 aliphatic heterocycles. The van der Waals surface area contributed by atoms with Crippen LogP contribution < -0.4 is 0 Å². The highest BCUT2D eigenvalue weighted by atomic mass is 79.9. The van der Waals surface area contributed by atoms with Gasteiger partial charge >= 0.3 is 0 Å². The van der Waals surface area contributed by atoms with E-state index in [4.69, 9.17) is 11.6 Å². The van der Waals surface area contributed by atoms with Crippen LogP contribution >= 0.6 is 43.5 Å². The van der Waals surface area contributed by atoms with Crippen molar-refractivity contribution < 1.29 is 10.2 Å². The zero-order valence-electron chi connectivity index (χ0n) is 10.4. The number of phenolic OH excluding ortho intramolecular Hbond substituents is 2. The molecule has 3 nitrogen and oxygen atoms in total. The molecule has 20 heavy (non-hydrogen) atoms. The molecule has 2 N–H and O–H groups in total. The van der Waals surface area contributed by atoms with Crippen LogP contribution in [0.2, 0.25) is 5.02 Å². The van der Waals surface area contributed by atoms with E-state index in [9.17, 15) is 10.2 Å². The Morgan fingerprint density at radius 1 is 1.05 bits per heavy atom. The van der Waals surface area contributed by atoms with Gasteiger partial charge in [-0.2, -0.15) is 0 Å². The molecule has 0 amide bonds. The third-order valence-electron chi connectivity index (χ3n) is 2.65. The molecule has 2 rings (SSSR count). The van der Waals surface area contributed by atoms with Crippen LogP contribution in [0.1, 0.15) is 11.1 Å². The lowest BCUT2D eigenvalue weighted by Gasteiger charge is -2.05. The first kappa shape index (κ1) is 15.4. The molecule has 0 spiro atoms. The van der Waals surface area contributed by atoms with Gasteiger partial charge in [0.1, 0.15) is 11.5 Å². The second kappa shape index (κ2) is 6.16. The van der Waals surface area contributed by atoms with Crippen LogP contribution in [0, 0.1) is 6.92 Å². The van der Waals surface area contributed by atoms with E-state index < -0.39 is 0 Å². The van der Waals surface area contributed by atoms with Gasteiger partial charge in [-0.15, -0.1) is 0 Å². The highest BCUT2D eigenvalue weighted by molar-refractivity contribution is 9.11. The summed E-state index contributed by atoms with van der Waals surface area (Å²) >= 11 is 12.4. The second-order valence-corrected chi connectivity index (χ2v) is 6.32. The highest BCUT2D eigenvalue weighted by Crippen LogP contribution is 2.36. The Morgan fingerprint density at radius 2 is 1.65 bits per heavy atom. The van der Waals surface area contributed by atoms with Crippen LogP contribution in [-0.2, 0) is 0 Å². The van der Waals surface area contributed by atoms with Gasteiger partial charge in [0.2, 0.25) is 0 Å². The Labute approximate surface area is 138 Å². The molecule has 0 aromatic heterocycles. The zero-order chi connectivity index (χ0) is 14.9. The lowest BCUT2D eigenvalue weighted by Crippen LogP contribution is -1.86. The van der Waals surface area contributed by atoms with Gasteiger partial charge in [0.15, 0.2) is 0 Å². The third kappa shape index (κ3) is 3.34. The van der Waals surface area contributed by atoms with Gasteiger partial charge in [-0.1, -0.05) is 11.6 Å². The summed E-state index contributed by atoms with van der Waals surface area (Å²) < 4.78 is 1.07. The van der Waals surface area contributed by atoms with E-state index in [0.29, 0.717) is 30.8 Å². The fraction of sp³-hybridized carbons (Fsp3) is 0.0714. The van der Waals surface area contributed by atoms with Crippen molar-refractivity contribution >= 4 is 55.4 Å². The Balaban J connectivity index is 2.40. The van der Waals surface area contributed by atoms with Crippen molar-refractivity contribution in [3.8, 4) is 11.5 Å². The predicted molar refractivity (Wildman–Crippen MR) is 88.6 cm³/mol. The topological polar surface area (TPSA) is 52.8 Å².